The Kier molecular flexibility index (Phi) is 6.09. The summed E-state index contributed by atoms with van der Waals surface area (Å²) in [7, 11) is 0. The summed E-state index contributed by atoms with van der Waals surface area (Å²) in [6, 6.07) is 11.7. The molecule has 0 radical (unpaired) electrons. The summed E-state index contributed by atoms with van der Waals surface area (Å²) >= 11 is 5.91. The summed E-state index contributed by atoms with van der Waals surface area (Å²) in [5.41, 5.74) is 2.39. The lowest BCUT2D eigenvalue weighted by Gasteiger charge is -2.05. The number of furan rings is 1. The number of hydrogen-bond donors (Lipinski definition) is 1. The molecule has 1 N–H and O–H groups in total. The summed E-state index contributed by atoms with van der Waals surface area (Å²) in [6.07, 6.45) is 4.30. The zero-order valence-electron chi connectivity index (χ0n) is 12.7. The first-order valence-electron chi connectivity index (χ1n) is 7.49. The Labute approximate surface area is 131 Å². The van der Waals surface area contributed by atoms with Crippen molar-refractivity contribution in [3.8, 4) is 11.3 Å². The van der Waals surface area contributed by atoms with Gasteiger partial charge < -0.3 is 9.73 Å². The van der Waals surface area contributed by atoms with E-state index in [1.165, 1.54) is 5.57 Å². The van der Waals surface area contributed by atoms with E-state index in [-0.39, 0.29) is 0 Å². The van der Waals surface area contributed by atoms with Crippen molar-refractivity contribution in [2.45, 2.75) is 26.7 Å². The minimum absolute atomic E-state index is 0.737. The van der Waals surface area contributed by atoms with Crippen LogP contribution < -0.4 is 5.32 Å². The molecule has 0 saturated carbocycles. The van der Waals surface area contributed by atoms with Crippen LogP contribution >= 0.6 is 11.6 Å². The van der Waals surface area contributed by atoms with Gasteiger partial charge in [0.05, 0.1) is 0 Å². The number of benzene rings is 1. The molecule has 2 nitrogen and oxygen atoms in total. The fourth-order valence-corrected chi connectivity index (χ4v) is 2.23. The van der Waals surface area contributed by atoms with Gasteiger partial charge in [-0.2, -0.15) is 0 Å². The van der Waals surface area contributed by atoms with Crippen molar-refractivity contribution < 1.29 is 4.42 Å². The van der Waals surface area contributed by atoms with E-state index >= 15 is 0 Å². The van der Waals surface area contributed by atoms with Crippen LogP contribution in [0.1, 0.15) is 32.4 Å². The van der Waals surface area contributed by atoms with E-state index in [4.69, 9.17) is 16.0 Å². The summed E-state index contributed by atoms with van der Waals surface area (Å²) in [4.78, 5) is 0. The van der Waals surface area contributed by atoms with Gasteiger partial charge in [0.2, 0.25) is 0 Å². The minimum Gasteiger partial charge on any atom is -0.457 e. The van der Waals surface area contributed by atoms with Crippen LogP contribution in [0.5, 0.6) is 0 Å². The largest absolute Gasteiger partial charge is 0.457 e. The van der Waals surface area contributed by atoms with Gasteiger partial charge in [-0.3, -0.25) is 0 Å². The normalized spacial score (nSPS) is 11.9. The monoisotopic (exact) mass is 303 g/mol. The molecule has 0 aliphatic carbocycles. The van der Waals surface area contributed by atoms with Crippen molar-refractivity contribution >= 4 is 17.7 Å². The molecule has 2 aromatic rings. The number of hydrogen-bond acceptors (Lipinski definition) is 2. The van der Waals surface area contributed by atoms with E-state index in [0.29, 0.717) is 0 Å². The molecule has 0 bridgehead atoms. The first-order valence-corrected chi connectivity index (χ1v) is 7.86. The topological polar surface area (TPSA) is 25.2 Å². The van der Waals surface area contributed by atoms with Gasteiger partial charge in [0.25, 0.3) is 0 Å². The molecule has 112 valence electrons. The van der Waals surface area contributed by atoms with Crippen LogP contribution in [0.25, 0.3) is 17.4 Å². The van der Waals surface area contributed by atoms with E-state index in [1.54, 1.807) is 0 Å². The molecule has 1 aromatic heterocycles. The van der Waals surface area contributed by atoms with E-state index < -0.39 is 0 Å². The molecule has 0 aliphatic heterocycles. The Bertz CT molecular complexity index is 584. The van der Waals surface area contributed by atoms with Gasteiger partial charge in [-0.15, -0.1) is 0 Å². The zero-order valence-corrected chi connectivity index (χ0v) is 13.4. The summed E-state index contributed by atoms with van der Waals surface area (Å²) < 4.78 is 5.90. The molecule has 0 aliphatic rings. The quantitative estimate of drug-likeness (QED) is 0.693. The number of rotatable bonds is 7. The Balaban J connectivity index is 2.09. The van der Waals surface area contributed by atoms with Crippen molar-refractivity contribution in [3.63, 3.8) is 0 Å². The lowest BCUT2D eigenvalue weighted by atomic mass is 10.1. The predicted molar refractivity (Wildman–Crippen MR) is 90.6 cm³/mol. The molecule has 0 spiro atoms. The number of nitrogens with one attached hydrogen (secondary N) is 1. The van der Waals surface area contributed by atoms with Crippen molar-refractivity contribution in [2.24, 2.45) is 0 Å². The molecule has 1 aromatic carbocycles. The highest BCUT2D eigenvalue weighted by atomic mass is 35.5. The first kappa shape index (κ1) is 15.9. The minimum atomic E-state index is 0.737. The predicted octanol–water partition coefficient (Wildman–Crippen LogP) is 5.39. The van der Waals surface area contributed by atoms with Crippen LogP contribution in [0.2, 0.25) is 5.02 Å². The van der Waals surface area contributed by atoms with Gasteiger partial charge in [0, 0.05) is 17.1 Å². The smallest absolute Gasteiger partial charge is 0.134 e. The van der Waals surface area contributed by atoms with E-state index in [1.807, 2.05) is 36.4 Å². The lowest BCUT2D eigenvalue weighted by Crippen LogP contribution is -2.17. The first-order chi connectivity index (χ1) is 10.2. The van der Waals surface area contributed by atoms with Gasteiger partial charge in [0.15, 0.2) is 0 Å². The van der Waals surface area contributed by atoms with Gasteiger partial charge in [-0.1, -0.05) is 31.0 Å². The highest BCUT2D eigenvalue weighted by Gasteiger charge is 2.04. The maximum atomic E-state index is 5.91. The van der Waals surface area contributed by atoms with Crippen LogP contribution in [-0.2, 0) is 0 Å². The molecular formula is C18H22ClNO. The maximum Gasteiger partial charge on any atom is 0.134 e. The average Bonchev–Trinajstić information content (AvgIpc) is 2.95. The third kappa shape index (κ3) is 4.76. The third-order valence-electron chi connectivity index (χ3n) is 3.33. The van der Waals surface area contributed by atoms with Crippen LogP contribution in [0.4, 0.5) is 0 Å². The Morgan fingerprint density at radius 1 is 1.14 bits per heavy atom. The van der Waals surface area contributed by atoms with Crippen LogP contribution in [0.3, 0.4) is 0 Å². The van der Waals surface area contributed by atoms with Gasteiger partial charge >= 0.3 is 0 Å². The molecule has 0 fully saturated rings. The SMILES string of the molecule is CCCNCC(=Cc1ccc(-c2ccc(Cl)cc2)o1)CC. The van der Waals surface area contributed by atoms with E-state index in [2.05, 4.69) is 25.2 Å². The van der Waals surface area contributed by atoms with Crippen molar-refractivity contribution in [1.29, 1.82) is 0 Å². The molecule has 3 heteroatoms. The van der Waals surface area contributed by atoms with Gasteiger partial charge in [-0.25, -0.2) is 0 Å². The second-order valence-electron chi connectivity index (χ2n) is 5.04. The zero-order chi connectivity index (χ0) is 15.1. The Morgan fingerprint density at radius 2 is 1.90 bits per heavy atom. The summed E-state index contributed by atoms with van der Waals surface area (Å²) in [6.45, 7) is 6.31. The standard InChI is InChI=1S/C18H22ClNO/c1-3-11-20-13-14(4-2)12-17-9-10-18(21-17)15-5-7-16(19)8-6-15/h5-10,12,20H,3-4,11,13H2,1-2H3. The third-order valence-corrected chi connectivity index (χ3v) is 3.59. The molecule has 21 heavy (non-hydrogen) atoms. The van der Waals surface area contributed by atoms with Crippen molar-refractivity contribution in [3.05, 3.63) is 52.8 Å². The highest BCUT2D eigenvalue weighted by Crippen LogP contribution is 2.25. The van der Waals surface area contributed by atoms with Gasteiger partial charge in [0.1, 0.15) is 11.5 Å². The summed E-state index contributed by atoms with van der Waals surface area (Å²) in [5.74, 6) is 1.77. The average molecular weight is 304 g/mol. The maximum absolute atomic E-state index is 5.91. The molecule has 2 rings (SSSR count). The molecule has 1 heterocycles. The summed E-state index contributed by atoms with van der Waals surface area (Å²) in [5, 5.41) is 4.16. The van der Waals surface area contributed by atoms with Crippen LogP contribution in [0, 0.1) is 0 Å². The molecule has 0 saturated heterocycles. The van der Waals surface area contributed by atoms with Gasteiger partial charge in [-0.05, 0) is 61.9 Å². The van der Waals surface area contributed by atoms with Crippen LogP contribution in [-0.4, -0.2) is 13.1 Å². The Morgan fingerprint density at radius 3 is 2.57 bits per heavy atom. The molecule has 0 amide bonds. The van der Waals surface area contributed by atoms with Crippen molar-refractivity contribution in [2.75, 3.05) is 13.1 Å². The molecular weight excluding hydrogens is 282 g/mol. The molecule has 0 atom stereocenters. The highest BCUT2D eigenvalue weighted by molar-refractivity contribution is 6.30. The van der Waals surface area contributed by atoms with Crippen LogP contribution in [0.15, 0.2) is 46.4 Å². The fraction of sp³-hybridized carbons (Fsp3) is 0.333. The van der Waals surface area contributed by atoms with E-state index in [9.17, 15) is 0 Å². The number of halogens is 1. The van der Waals surface area contributed by atoms with E-state index in [0.717, 1.165) is 48.0 Å². The second kappa shape index (κ2) is 8.06. The second-order valence-corrected chi connectivity index (χ2v) is 5.48. The fourth-order valence-electron chi connectivity index (χ4n) is 2.10. The lowest BCUT2D eigenvalue weighted by molar-refractivity contribution is 0.570. The van der Waals surface area contributed by atoms with Crippen molar-refractivity contribution in [1.82, 2.24) is 5.32 Å². The molecule has 0 unspecified atom stereocenters. The Hall–Kier alpha value is -1.51.